The Kier molecular flexibility index (Phi) is 3.72. The van der Waals surface area contributed by atoms with Crippen molar-refractivity contribution in [1.29, 1.82) is 0 Å². The normalized spacial score (nSPS) is 23.8. The maximum atomic E-state index is 5.46. The third-order valence-corrected chi connectivity index (χ3v) is 3.74. The highest BCUT2D eigenvalue weighted by Gasteiger charge is 2.36. The first-order chi connectivity index (χ1) is 8.19. The molecule has 4 heteroatoms. The van der Waals surface area contributed by atoms with E-state index in [4.69, 9.17) is 4.74 Å². The fraction of sp³-hybridized carbons (Fsp3) is 0.769. The maximum absolute atomic E-state index is 5.46. The van der Waals surface area contributed by atoms with Crippen LogP contribution in [0.5, 0.6) is 5.75 Å². The van der Waals surface area contributed by atoms with Crippen molar-refractivity contribution >= 4 is 0 Å². The third-order valence-electron chi connectivity index (χ3n) is 3.74. The molecule has 96 valence electrons. The Morgan fingerprint density at radius 2 is 2.29 bits per heavy atom. The zero-order chi connectivity index (χ0) is 12.4. The first-order valence-corrected chi connectivity index (χ1v) is 6.45. The van der Waals surface area contributed by atoms with Gasteiger partial charge in [0.15, 0.2) is 5.75 Å². The van der Waals surface area contributed by atoms with Crippen LogP contribution in [-0.4, -0.2) is 30.5 Å². The highest BCUT2D eigenvalue weighted by Crippen LogP contribution is 2.45. The fourth-order valence-corrected chi connectivity index (χ4v) is 2.71. The van der Waals surface area contributed by atoms with Crippen molar-refractivity contribution < 1.29 is 4.74 Å². The Hall–Kier alpha value is -1.03. The highest BCUT2D eigenvalue weighted by molar-refractivity contribution is 5.31. The minimum Gasteiger partial charge on any atom is -0.493 e. The Labute approximate surface area is 103 Å². The monoisotopic (exact) mass is 237 g/mol. The average molecular weight is 237 g/mol. The van der Waals surface area contributed by atoms with Gasteiger partial charge in [-0.2, -0.15) is 5.10 Å². The molecule has 1 fully saturated rings. The molecule has 1 aromatic heterocycles. The zero-order valence-electron chi connectivity index (χ0n) is 11.2. The van der Waals surface area contributed by atoms with Crippen molar-refractivity contribution in [2.75, 3.05) is 20.7 Å². The summed E-state index contributed by atoms with van der Waals surface area (Å²) in [5, 5.41) is 7.73. The molecule has 1 aromatic rings. The number of hydrogen-bond acceptors (Lipinski definition) is 3. The summed E-state index contributed by atoms with van der Waals surface area (Å²) in [4.78, 5) is 0. The number of methoxy groups -OCH3 is 1. The van der Waals surface area contributed by atoms with Gasteiger partial charge in [0, 0.05) is 12.0 Å². The van der Waals surface area contributed by atoms with Crippen molar-refractivity contribution in [3.8, 4) is 5.75 Å². The Morgan fingerprint density at radius 1 is 1.53 bits per heavy atom. The summed E-state index contributed by atoms with van der Waals surface area (Å²) < 4.78 is 7.57. The molecule has 1 aliphatic rings. The van der Waals surface area contributed by atoms with E-state index >= 15 is 0 Å². The lowest BCUT2D eigenvalue weighted by molar-refractivity contribution is 0.229. The summed E-state index contributed by atoms with van der Waals surface area (Å²) >= 11 is 0. The van der Waals surface area contributed by atoms with Crippen LogP contribution in [0, 0.1) is 5.92 Å². The molecule has 0 aromatic carbocycles. The second-order valence-electron chi connectivity index (χ2n) is 5.14. The molecule has 4 nitrogen and oxygen atoms in total. The van der Waals surface area contributed by atoms with Gasteiger partial charge in [0.25, 0.3) is 0 Å². The SMILES string of the molecule is CNCC1CCC1c1c(OC)cnn1C(C)C. The van der Waals surface area contributed by atoms with Crippen LogP contribution in [0.2, 0.25) is 0 Å². The van der Waals surface area contributed by atoms with E-state index in [-0.39, 0.29) is 0 Å². The average Bonchev–Trinajstić information content (AvgIpc) is 2.68. The molecule has 1 saturated carbocycles. The van der Waals surface area contributed by atoms with Crippen LogP contribution in [0.4, 0.5) is 0 Å². The van der Waals surface area contributed by atoms with E-state index in [0.717, 1.165) is 18.2 Å². The van der Waals surface area contributed by atoms with Crippen molar-refractivity contribution in [3.63, 3.8) is 0 Å². The van der Waals surface area contributed by atoms with Crippen LogP contribution in [0.25, 0.3) is 0 Å². The van der Waals surface area contributed by atoms with Crippen molar-refractivity contribution in [1.82, 2.24) is 15.1 Å². The van der Waals surface area contributed by atoms with Crippen LogP contribution in [-0.2, 0) is 0 Å². The molecule has 0 spiro atoms. The van der Waals surface area contributed by atoms with E-state index in [1.165, 1.54) is 18.5 Å². The molecule has 0 saturated heterocycles. The van der Waals surface area contributed by atoms with Gasteiger partial charge in [0.2, 0.25) is 0 Å². The van der Waals surface area contributed by atoms with E-state index in [1.807, 2.05) is 13.2 Å². The van der Waals surface area contributed by atoms with Crippen LogP contribution in [0.15, 0.2) is 6.20 Å². The molecule has 1 heterocycles. The molecule has 17 heavy (non-hydrogen) atoms. The number of hydrogen-bond donors (Lipinski definition) is 1. The van der Waals surface area contributed by atoms with Gasteiger partial charge in [-0.15, -0.1) is 0 Å². The number of rotatable bonds is 5. The third kappa shape index (κ3) is 2.18. The van der Waals surface area contributed by atoms with Gasteiger partial charge in [-0.3, -0.25) is 4.68 Å². The molecule has 0 radical (unpaired) electrons. The molecule has 0 bridgehead atoms. The minimum absolute atomic E-state index is 0.393. The van der Waals surface area contributed by atoms with Crippen molar-refractivity contribution in [3.05, 3.63) is 11.9 Å². The van der Waals surface area contributed by atoms with Gasteiger partial charge in [0.05, 0.1) is 19.0 Å². The molecule has 2 rings (SSSR count). The molecular weight excluding hydrogens is 214 g/mol. The lowest BCUT2D eigenvalue weighted by Gasteiger charge is -2.37. The lowest BCUT2D eigenvalue weighted by Crippen LogP contribution is -2.34. The second-order valence-corrected chi connectivity index (χ2v) is 5.14. The first kappa shape index (κ1) is 12.4. The van der Waals surface area contributed by atoms with Crippen molar-refractivity contribution in [2.45, 2.75) is 38.6 Å². The summed E-state index contributed by atoms with van der Waals surface area (Å²) in [6.07, 6.45) is 4.41. The van der Waals surface area contributed by atoms with Gasteiger partial charge >= 0.3 is 0 Å². The number of nitrogens with zero attached hydrogens (tertiary/aromatic N) is 2. The Balaban J connectivity index is 2.26. The van der Waals surface area contributed by atoms with E-state index < -0.39 is 0 Å². The van der Waals surface area contributed by atoms with Gasteiger partial charge < -0.3 is 10.1 Å². The van der Waals surface area contributed by atoms with Gasteiger partial charge in [-0.05, 0) is 46.2 Å². The van der Waals surface area contributed by atoms with Crippen molar-refractivity contribution in [2.24, 2.45) is 5.92 Å². The predicted molar refractivity (Wildman–Crippen MR) is 68.6 cm³/mol. The molecule has 0 amide bonds. The molecule has 1 aliphatic carbocycles. The largest absolute Gasteiger partial charge is 0.493 e. The number of nitrogens with one attached hydrogen (secondary N) is 1. The Bertz CT molecular complexity index is 373. The Morgan fingerprint density at radius 3 is 2.76 bits per heavy atom. The molecule has 1 N–H and O–H groups in total. The molecule has 2 unspecified atom stereocenters. The maximum Gasteiger partial charge on any atom is 0.160 e. The second kappa shape index (κ2) is 5.08. The van der Waals surface area contributed by atoms with Gasteiger partial charge in [0.1, 0.15) is 0 Å². The standard InChI is InChI=1S/C13H23N3O/c1-9(2)16-13(12(17-4)8-15-16)11-6-5-10(11)7-14-3/h8-11,14H,5-7H2,1-4H3. The lowest BCUT2D eigenvalue weighted by atomic mass is 9.71. The number of ether oxygens (including phenoxy) is 1. The van der Waals surface area contributed by atoms with Gasteiger partial charge in [-0.25, -0.2) is 0 Å². The van der Waals surface area contributed by atoms with Crippen LogP contribution < -0.4 is 10.1 Å². The topological polar surface area (TPSA) is 39.1 Å². The summed E-state index contributed by atoms with van der Waals surface area (Å²) in [6, 6.07) is 0.393. The van der Waals surface area contributed by atoms with Gasteiger partial charge in [-0.1, -0.05) is 0 Å². The highest BCUT2D eigenvalue weighted by atomic mass is 16.5. The number of aromatic nitrogens is 2. The van der Waals surface area contributed by atoms with E-state index in [9.17, 15) is 0 Å². The first-order valence-electron chi connectivity index (χ1n) is 6.45. The molecule has 0 aliphatic heterocycles. The minimum atomic E-state index is 0.393. The molecular formula is C13H23N3O. The fourth-order valence-electron chi connectivity index (χ4n) is 2.71. The smallest absolute Gasteiger partial charge is 0.160 e. The summed E-state index contributed by atoms with van der Waals surface area (Å²) in [5.41, 5.74) is 1.29. The zero-order valence-corrected chi connectivity index (χ0v) is 11.2. The quantitative estimate of drug-likeness (QED) is 0.853. The van der Waals surface area contributed by atoms with E-state index in [2.05, 4.69) is 28.9 Å². The van der Waals surface area contributed by atoms with Crippen LogP contribution in [0.3, 0.4) is 0 Å². The van der Waals surface area contributed by atoms with E-state index in [0.29, 0.717) is 12.0 Å². The predicted octanol–water partition coefficient (Wildman–Crippen LogP) is 2.19. The van der Waals surface area contributed by atoms with E-state index in [1.54, 1.807) is 7.11 Å². The van der Waals surface area contributed by atoms with Crippen LogP contribution >= 0.6 is 0 Å². The summed E-state index contributed by atoms with van der Waals surface area (Å²) in [7, 11) is 3.75. The summed E-state index contributed by atoms with van der Waals surface area (Å²) in [6.45, 7) is 5.42. The van der Waals surface area contributed by atoms with Crippen LogP contribution in [0.1, 0.15) is 44.3 Å². The molecule has 2 atom stereocenters. The summed E-state index contributed by atoms with van der Waals surface area (Å²) in [5.74, 6) is 2.27.